The van der Waals surface area contributed by atoms with E-state index in [2.05, 4.69) is 17.1 Å². The van der Waals surface area contributed by atoms with Gasteiger partial charge in [0.05, 0.1) is 12.2 Å². The average Bonchev–Trinajstić information content (AvgIpc) is 2.86. The summed E-state index contributed by atoms with van der Waals surface area (Å²) in [7, 11) is -4.06. The molecule has 1 aliphatic heterocycles. The van der Waals surface area contributed by atoms with Gasteiger partial charge in [-0.2, -0.15) is 0 Å². The second-order valence-corrected chi connectivity index (χ2v) is 13.5. The molecular weight excluding hydrogens is 510 g/mol. The number of urea groups is 1. The highest BCUT2D eigenvalue weighted by molar-refractivity contribution is 7.90. The zero-order valence-electron chi connectivity index (χ0n) is 20.9. The summed E-state index contributed by atoms with van der Waals surface area (Å²) in [5.74, 6) is 2.99. The third-order valence-corrected chi connectivity index (χ3v) is 10.8. The predicted octanol–water partition coefficient (Wildman–Crippen LogP) is 5.75. The summed E-state index contributed by atoms with van der Waals surface area (Å²) < 4.78 is 27.1. The summed E-state index contributed by atoms with van der Waals surface area (Å²) in [6.07, 6.45) is 7.32. The van der Waals surface area contributed by atoms with E-state index >= 15 is 0 Å². The van der Waals surface area contributed by atoms with Crippen LogP contribution in [0.4, 0.5) is 10.5 Å². The molecule has 4 bridgehead atoms. The fourth-order valence-corrected chi connectivity index (χ4v) is 9.22. The van der Waals surface area contributed by atoms with Crippen molar-refractivity contribution in [1.29, 1.82) is 0 Å². The molecule has 1 heterocycles. The number of carbonyl (C=O) groups excluding carboxylic acids is 2. The van der Waals surface area contributed by atoms with Crippen LogP contribution >= 0.6 is 11.6 Å². The van der Waals surface area contributed by atoms with E-state index in [-0.39, 0.29) is 28.1 Å². The maximum absolute atomic E-state index is 13.7. The van der Waals surface area contributed by atoms with Crippen molar-refractivity contribution in [3.05, 3.63) is 58.6 Å². The lowest BCUT2D eigenvalue weighted by atomic mass is 9.54. The monoisotopic (exact) mass is 541 g/mol. The number of carbonyl (C=O) groups is 2. The molecular formula is C28H32ClN3O4S. The Morgan fingerprint density at radius 2 is 1.68 bits per heavy atom. The van der Waals surface area contributed by atoms with Gasteiger partial charge in [0.2, 0.25) is 0 Å². The highest BCUT2D eigenvalue weighted by atomic mass is 35.5. The minimum absolute atomic E-state index is 0.0303. The molecule has 7 nitrogen and oxygen atoms in total. The van der Waals surface area contributed by atoms with Crippen LogP contribution in [0.15, 0.2) is 47.4 Å². The molecule has 0 radical (unpaired) electrons. The first-order chi connectivity index (χ1) is 17.7. The summed E-state index contributed by atoms with van der Waals surface area (Å²) in [6.45, 7) is 2.74. The van der Waals surface area contributed by atoms with E-state index in [0.717, 1.165) is 29.1 Å². The first-order valence-electron chi connectivity index (χ1n) is 13.3. The summed E-state index contributed by atoms with van der Waals surface area (Å²) in [5.41, 5.74) is 1.44. The van der Waals surface area contributed by atoms with Crippen LogP contribution in [0.2, 0.25) is 5.02 Å². The summed E-state index contributed by atoms with van der Waals surface area (Å²) >= 11 is 6.01. The van der Waals surface area contributed by atoms with Gasteiger partial charge < -0.3 is 10.2 Å². The number of hydrogen-bond donors (Lipinski definition) is 1. The topological polar surface area (TPSA) is 86.8 Å². The van der Waals surface area contributed by atoms with Gasteiger partial charge in [0.25, 0.3) is 15.9 Å². The SMILES string of the molecule is CCCN(C(=O)c1ccc(CN2C(=O)Nc3ccc(Cl)cc3S2(=O)=O)cc1)C1C2CC3CC(C2)CC1C3. The van der Waals surface area contributed by atoms with Crippen molar-refractivity contribution < 1.29 is 18.0 Å². The van der Waals surface area contributed by atoms with Crippen LogP contribution in [-0.2, 0) is 16.6 Å². The van der Waals surface area contributed by atoms with Gasteiger partial charge in [0.1, 0.15) is 4.90 Å². The minimum Gasteiger partial charge on any atom is -0.335 e. The Balaban J connectivity index is 1.21. The van der Waals surface area contributed by atoms with Gasteiger partial charge in [-0.15, -0.1) is 0 Å². The molecule has 0 saturated heterocycles. The average molecular weight is 542 g/mol. The second-order valence-electron chi connectivity index (χ2n) is 11.2. The Kier molecular flexibility index (Phi) is 6.23. The molecule has 3 amide bonds. The molecule has 4 fully saturated rings. The van der Waals surface area contributed by atoms with E-state index in [0.29, 0.717) is 29.0 Å². The molecule has 0 atom stereocenters. The third-order valence-electron chi connectivity index (χ3n) is 8.77. The highest BCUT2D eigenvalue weighted by Gasteiger charge is 2.51. The number of rotatable bonds is 6. The number of amides is 3. The molecule has 9 heteroatoms. The van der Waals surface area contributed by atoms with Crippen molar-refractivity contribution in [2.75, 3.05) is 11.9 Å². The van der Waals surface area contributed by atoms with Crippen LogP contribution in [0.5, 0.6) is 0 Å². The molecule has 4 saturated carbocycles. The third kappa shape index (κ3) is 4.32. The molecule has 5 aliphatic rings. The number of halogens is 1. The van der Waals surface area contributed by atoms with Gasteiger partial charge in [-0.25, -0.2) is 17.5 Å². The molecule has 2 aromatic carbocycles. The lowest BCUT2D eigenvalue weighted by Gasteiger charge is -2.57. The molecule has 4 aliphatic carbocycles. The van der Waals surface area contributed by atoms with Crippen LogP contribution in [0, 0.1) is 23.7 Å². The van der Waals surface area contributed by atoms with Gasteiger partial charge in [0.15, 0.2) is 0 Å². The Bertz CT molecular complexity index is 1320. The van der Waals surface area contributed by atoms with E-state index in [1.54, 1.807) is 24.3 Å². The first-order valence-corrected chi connectivity index (χ1v) is 15.1. The summed E-state index contributed by atoms with van der Waals surface area (Å²) in [5, 5.41) is 2.90. The zero-order valence-corrected chi connectivity index (χ0v) is 22.5. The predicted molar refractivity (Wildman–Crippen MR) is 142 cm³/mol. The molecule has 196 valence electrons. The van der Waals surface area contributed by atoms with Crippen molar-refractivity contribution >= 4 is 39.2 Å². The minimum atomic E-state index is -4.06. The van der Waals surface area contributed by atoms with Crippen LogP contribution < -0.4 is 5.32 Å². The first kappa shape index (κ1) is 24.7. The quantitative estimate of drug-likeness (QED) is 0.504. The smallest absolute Gasteiger partial charge is 0.335 e. The zero-order chi connectivity index (χ0) is 25.9. The van der Waals surface area contributed by atoms with Crippen molar-refractivity contribution in [1.82, 2.24) is 9.21 Å². The number of anilines is 1. The normalized spacial score (nSPS) is 29.1. The molecule has 0 unspecified atom stereocenters. The maximum Gasteiger partial charge on any atom is 0.336 e. The van der Waals surface area contributed by atoms with E-state index in [4.69, 9.17) is 11.6 Å². The van der Waals surface area contributed by atoms with E-state index in [9.17, 15) is 18.0 Å². The molecule has 0 spiro atoms. The maximum atomic E-state index is 13.7. The van der Waals surface area contributed by atoms with E-state index in [1.807, 2.05) is 0 Å². The molecule has 2 aromatic rings. The van der Waals surface area contributed by atoms with Gasteiger partial charge in [-0.05, 0) is 98.1 Å². The van der Waals surface area contributed by atoms with Crippen molar-refractivity contribution in [2.45, 2.75) is 62.9 Å². The summed E-state index contributed by atoms with van der Waals surface area (Å²) in [6, 6.07) is 11.0. The number of hydrogen-bond acceptors (Lipinski definition) is 4. The Hall–Kier alpha value is -2.58. The molecule has 1 N–H and O–H groups in total. The van der Waals surface area contributed by atoms with Crippen molar-refractivity contribution in [3.8, 4) is 0 Å². The fraction of sp³-hybridized carbons (Fsp3) is 0.500. The van der Waals surface area contributed by atoms with Gasteiger partial charge in [-0.1, -0.05) is 30.7 Å². The fourth-order valence-electron chi connectivity index (χ4n) is 7.49. The van der Waals surface area contributed by atoms with Crippen LogP contribution in [0.25, 0.3) is 0 Å². The lowest BCUT2D eigenvalue weighted by molar-refractivity contribution is -0.0555. The highest BCUT2D eigenvalue weighted by Crippen LogP contribution is 2.55. The van der Waals surface area contributed by atoms with E-state index in [1.165, 1.54) is 50.3 Å². The largest absolute Gasteiger partial charge is 0.336 e. The molecule has 0 aromatic heterocycles. The van der Waals surface area contributed by atoms with E-state index < -0.39 is 16.1 Å². The van der Waals surface area contributed by atoms with Crippen LogP contribution in [0.1, 0.15) is 61.4 Å². The number of fused-ring (bicyclic) bond motifs is 1. The Morgan fingerprint density at radius 1 is 1.03 bits per heavy atom. The Morgan fingerprint density at radius 3 is 2.30 bits per heavy atom. The van der Waals surface area contributed by atoms with Gasteiger partial charge in [0, 0.05) is 23.2 Å². The van der Waals surface area contributed by atoms with Crippen molar-refractivity contribution in [2.24, 2.45) is 23.7 Å². The number of sulfonamides is 1. The standard InChI is InChI=1S/C28H32ClN3O4S/c1-2-9-31(26-21-11-18-10-19(13-21)14-22(26)12-18)27(33)20-5-3-17(4-6-20)16-32-28(34)30-24-8-7-23(29)15-25(24)37(32,35)36/h3-8,15,18-19,21-22,26H,2,9-14,16H2,1H3,(H,30,34). The number of benzene rings is 2. The molecule has 37 heavy (non-hydrogen) atoms. The van der Waals surface area contributed by atoms with Crippen LogP contribution in [0.3, 0.4) is 0 Å². The number of nitrogens with one attached hydrogen (secondary N) is 1. The van der Waals surface area contributed by atoms with Crippen LogP contribution in [-0.4, -0.2) is 42.1 Å². The summed E-state index contributed by atoms with van der Waals surface area (Å²) in [4.78, 5) is 28.5. The Labute approximate surface area is 223 Å². The molecule has 7 rings (SSSR count). The lowest BCUT2D eigenvalue weighted by Crippen LogP contribution is -2.57. The second kappa shape index (κ2) is 9.31. The number of nitrogens with zero attached hydrogens (tertiary/aromatic N) is 2. The van der Waals surface area contributed by atoms with Gasteiger partial charge >= 0.3 is 6.03 Å². The van der Waals surface area contributed by atoms with Gasteiger partial charge in [-0.3, -0.25) is 4.79 Å². The van der Waals surface area contributed by atoms with Crippen molar-refractivity contribution in [3.63, 3.8) is 0 Å².